The predicted molar refractivity (Wildman–Crippen MR) is 40.5 cm³/mol. The van der Waals surface area contributed by atoms with Crippen LogP contribution in [0.5, 0.6) is 0 Å². The van der Waals surface area contributed by atoms with E-state index in [-0.39, 0.29) is 12.3 Å². The standard InChI is InChI=1S/C8H12N2O/c1-6-4-7(6)5-10-8(11)2-3-9/h6-7H,2,4-5H2,1H3,(H,10,11). The predicted octanol–water partition coefficient (Wildman–Crippen LogP) is 0.672. The maximum absolute atomic E-state index is 10.7. The summed E-state index contributed by atoms with van der Waals surface area (Å²) in [4.78, 5) is 10.7. The Bertz CT molecular complexity index is 195. The van der Waals surface area contributed by atoms with Gasteiger partial charge in [0.2, 0.25) is 5.91 Å². The van der Waals surface area contributed by atoms with E-state index in [1.165, 1.54) is 6.42 Å². The average Bonchev–Trinajstić information content (AvgIpc) is 2.63. The van der Waals surface area contributed by atoms with Gasteiger partial charge < -0.3 is 5.32 Å². The third-order valence-corrected chi connectivity index (χ3v) is 2.08. The molecule has 0 saturated heterocycles. The largest absolute Gasteiger partial charge is 0.355 e. The third-order valence-electron chi connectivity index (χ3n) is 2.08. The van der Waals surface area contributed by atoms with Crippen molar-refractivity contribution in [3.63, 3.8) is 0 Å². The molecule has 1 saturated carbocycles. The first kappa shape index (κ1) is 8.06. The minimum Gasteiger partial charge on any atom is -0.355 e. The molecule has 3 heteroatoms. The summed E-state index contributed by atoms with van der Waals surface area (Å²) in [7, 11) is 0. The summed E-state index contributed by atoms with van der Waals surface area (Å²) in [6.45, 7) is 2.92. The number of hydrogen-bond acceptors (Lipinski definition) is 2. The first-order valence-corrected chi connectivity index (χ1v) is 3.87. The van der Waals surface area contributed by atoms with Crippen LogP contribution in [-0.4, -0.2) is 12.5 Å². The Kier molecular flexibility index (Phi) is 2.48. The number of nitrogens with zero attached hydrogens (tertiary/aromatic N) is 1. The molecule has 3 nitrogen and oxygen atoms in total. The van der Waals surface area contributed by atoms with Crippen LogP contribution in [0.4, 0.5) is 0 Å². The molecule has 1 N–H and O–H groups in total. The van der Waals surface area contributed by atoms with Gasteiger partial charge in [-0.1, -0.05) is 6.92 Å². The molecular weight excluding hydrogens is 140 g/mol. The molecule has 2 atom stereocenters. The fourth-order valence-electron chi connectivity index (χ4n) is 1.06. The molecule has 1 fully saturated rings. The normalized spacial score (nSPS) is 27.3. The Morgan fingerprint density at radius 2 is 2.45 bits per heavy atom. The Morgan fingerprint density at radius 1 is 1.82 bits per heavy atom. The molecule has 1 aliphatic carbocycles. The molecule has 11 heavy (non-hydrogen) atoms. The van der Waals surface area contributed by atoms with Crippen LogP contribution >= 0.6 is 0 Å². The van der Waals surface area contributed by atoms with Crippen molar-refractivity contribution in [3.8, 4) is 6.07 Å². The van der Waals surface area contributed by atoms with Gasteiger partial charge >= 0.3 is 0 Å². The number of carbonyl (C=O) groups excluding carboxylic acids is 1. The van der Waals surface area contributed by atoms with Crippen LogP contribution in [0.1, 0.15) is 19.8 Å². The van der Waals surface area contributed by atoms with Gasteiger partial charge in [-0.2, -0.15) is 5.26 Å². The van der Waals surface area contributed by atoms with Gasteiger partial charge in [0.05, 0.1) is 6.07 Å². The Hall–Kier alpha value is -1.04. The Balaban J connectivity index is 2.04. The van der Waals surface area contributed by atoms with E-state index >= 15 is 0 Å². The first-order chi connectivity index (χ1) is 5.24. The number of rotatable bonds is 3. The fraction of sp³-hybridized carbons (Fsp3) is 0.750. The maximum atomic E-state index is 10.7. The van der Waals surface area contributed by atoms with E-state index in [1.54, 1.807) is 0 Å². The van der Waals surface area contributed by atoms with Crippen molar-refractivity contribution >= 4 is 5.91 Å². The highest BCUT2D eigenvalue weighted by Gasteiger charge is 2.32. The molecule has 0 bridgehead atoms. The second-order valence-corrected chi connectivity index (χ2v) is 3.11. The molecule has 0 aliphatic heterocycles. The van der Waals surface area contributed by atoms with Gasteiger partial charge in [-0.15, -0.1) is 0 Å². The van der Waals surface area contributed by atoms with Crippen molar-refractivity contribution in [2.24, 2.45) is 11.8 Å². The number of hydrogen-bond donors (Lipinski definition) is 1. The van der Waals surface area contributed by atoms with Crippen LogP contribution < -0.4 is 5.32 Å². The van der Waals surface area contributed by atoms with Gasteiger partial charge in [-0.25, -0.2) is 0 Å². The number of amides is 1. The highest BCUT2D eigenvalue weighted by molar-refractivity contribution is 5.77. The van der Waals surface area contributed by atoms with E-state index in [0.29, 0.717) is 5.92 Å². The van der Waals surface area contributed by atoms with Crippen LogP contribution in [0.3, 0.4) is 0 Å². The zero-order valence-corrected chi connectivity index (χ0v) is 6.63. The SMILES string of the molecule is CC1CC1CNC(=O)CC#N. The molecule has 0 spiro atoms. The third kappa shape index (κ3) is 2.58. The number of nitrogens with one attached hydrogen (secondary N) is 1. The van der Waals surface area contributed by atoms with Crippen molar-refractivity contribution in [3.05, 3.63) is 0 Å². The van der Waals surface area contributed by atoms with E-state index < -0.39 is 0 Å². The van der Waals surface area contributed by atoms with Gasteiger partial charge in [-0.3, -0.25) is 4.79 Å². The van der Waals surface area contributed by atoms with Gasteiger partial charge in [0.15, 0.2) is 0 Å². The molecule has 1 amide bonds. The van der Waals surface area contributed by atoms with E-state index in [0.717, 1.165) is 12.5 Å². The van der Waals surface area contributed by atoms with Crippen LogP contribution in [0.15, 0.2) is 0 Å². The topological polar surface area (TPSA) is 52.9 Å². The molecule has 0 heterocycles. The lowest BCUT2D eigenvalue weighted by atomic mass is 10.3. The van der Waals surface area contributed by atoms with Crippen LogP contribution in [0.25, 0.3) is 0 Å². The van der Waals surface area contributed by atoms with Gasteiger partial charge in [-0.05, 0) is 18.3 Å². The quantitative estimate of drug-likeness (QED) is 0.646. The molecule has 60 valence electrons. The summed E-state index contributed by atoms with van der Waals surface area (Å²) in [5, 5.41) is 10.9. The molecule has 0 radical (unpaired) electrons. The molecular formula is C8H12N2O. The summed E-state index contributed by atoms with van der Waals surface area (Å²) in [5.41, 5.74) is 0. The Morgan fingerprint density at radius 3 is 2.91 bits per heavy atom. The second kappa shape index (κ2) is 3.38. The summed E-state index contributed by atoms with van der Waals surface area (Å²) in [6.07, 6.45) is 1.20. The molecule has 0 aromatic rings. The first-order valence-electron chi connectivity index (χ1n) is 3.87. The van der Waals surface area contributed by atoms with Crippen molar-refractivity contribution < 1.29 is 4.79 Å². The summed E-state index contributed by atoms with van der Waals surface area (Å²) < 4.78 is 0. The second-order valence-electron chi connectivity index (χ2n) is 3.11. The van der Waals surface area contributed by atoms with Gasteiger partial charge in [0.1, 0.15) is 6.42 Å². The fourth-order valence-corrected chi connectivity index (χ4v) is 1.06. The summed E-state index contributed by atoms with van der Waals surface area (Å²) in [6, 6.07) is 1.81. The van der Waals surface area contributed by atoms with Gasteiger partial charge in [0, 0.05) is 6.54 Å². The zero-order chi connectivity index (χ0) is 8.27. The van der Waals surface area contributed by atoms with E-state index in [4.69, 9.17) is 5.26 Å². The van der Waals surface area contributed by atoms with Crippen molar-refractivity contribution in [1.82, 2.24) is 5.32 Å². The van der Waals surface area contributed by atoms with Crippen LogP contribution in [-0.2, 0) is 4.79 Å². The average molecular weight is 152 g/mol. The molecule has 1 aliphatic rings. The minimum atomic E-state index is -0.147. The Labute approximate surface area is 66.4 Å². The summed E-state index contributed by atoms with van der Waals surface area (Å²) >= 11 is 0. The van der Waals surface area contributed by atoms with E-state index in [2.05, 4.69) is 12.2 Å². The van der Waals surface area contributed by atoms with Crippen molar-refractivity contribution in [2.45, 2.75) is 19.8 Å². The molecule has 2 unspecified atom stereocenters. The zero-order valence-electron chi connectivity index (χ0n) is 6.63. The van der Waals surface area contributed by atoms with Crippen LogP contribution in [0, 0.1) is 23.2 Å². The summed E-state index contributed by atoms with van der Waals surface area (Å²) in [5.74, 6) is 1.28. The number of carbonyl (C=O) groups is 1. The van der Waals surface area contributed by atoms with Crippen molar-refractivity contribution in [2.75, 3.05) is 6.54 Å². The van der Waals surface area contributed by atoms with E-state index in [1.807, 2.05) is 6.07 Å². The maximum Gasteiger partial charge on any atom is 0.234 e. The number of nitriles is 1. The monoisotopic (exact) mass is 152 g/mol. The lowest BCUT2D eigenvalue weighted by Gasteiger charge is -1.99. The molecule has 0 aromatic heterocycles. The molecule has 1 rings (SSSR count). The van der Waals surface area contributed by atoms with E-state index in [9.17, 15) is 4.79 Å². The lowest BCUT2D eigenvalue weighted by molar-refractivity contribution is -0.120. The highest BCUT2D eigenvalue weighted by Crippen LogP contribution is 2.36. The minimum absolute atomic E-state index is 0.0128. The highest BCUT2D eigenvalue weighted by atomic mass is 16.1. The van der Waals surface area contributed by atoms with Gasteiger partial charge in [0.25, 0.3) is 0 Å². The van der Waals surface area contributed by atoms with Crippen molar-refractivity contribution in [1.29, 1.82) is 5.26 Å². The lowest BCUT2D eigenvalue weighted by Crippen LogP contribution is -2.25. The molecule has 0 aromatic carbocycles. The smallest absolute Gasteiger partial charge is 0.234 e. The van der Waals surface area contributed by atoms with Crippen LogP contribution in [0.2, 0.25) is 0 Å².